The minimum atomic E-state index is -0.924. The molecule has 2 N–H and O–H groups in total. The van der Waals surface area contributed by atoms with Gasteiger partial charge in [0, 0.05) is 5.92 Å². The molecule has 2 fully saturated rings. The highest BCUT2D eigenvalue weighted by Gasteiger charge is 2.44. The molecule has 1 aromatic rings. The Labute approximate surface area is 128 Å². The van der Waals surface area contributed by atoms with E-state index in [4.69, 9.17) is 0 Å². The number of hydrogen-bond donors (Lipinski definition) is 2. The van der Waals surface area contributed by atoms with Crippen LogP contribution in [0.15, 0.2) is 30.3 Å². The number of quaternary nitrogens is 1. The molecule has 1 aliphatic carbocycles. The molecule has 112 valence electrons. The molecule has 0 spiro atoms. The summed E-state index contributed by atoms with van der Waals surface area (Å²) in [6.45, 7) is 3.35. The molecule has 2 aliphatic rings. The minimum absolute atomic E-state index is 0.325. The van der Waals surface area contributed by atoms with E-state index >= 15 is 0 Å². The highest BCUT2D eigenvalue weighted by Crippen LogP contribution is 2.45. The van der Waals surface area contributed by atoms with Gasteiger partial charge >= 0.3 is 0 Å². The van der Waals surface area contributed by atoms with E-state index in [1.54, 1.807) is 4.90 Å². The molecule has 2 nitrogen and oxygen atoms in total. The number of likely N-dealkylation sites (tertiary alicyclic amines) is 1. The van der Waals surface area contributed by atoms with Crippen LogP contribution in [0, 0.1) is 17.8 Å². The standard InChI is InChI=1S/C19H25NO/c21-19(18-11-12-18,17-9-4-3-5-10-17)13-8-16-20-14-6-1-2-7-15-20/h3-5,9-10,18,21H,1-2,6-7,11-12,14-16H2/p+1/t19-/m0/s1. The molecule has 1 heterocycles. The average molecular weight is 284 g/mol. The summed E-state index contributed by atoms with van der Waals surface area (Å²) < 4.78 is 0. The maximum atomic E-state index is 11.0. The fourth-order valence-corrected chi connectivity index (χ4v) is 3.31. The van der Waals surface area contributed by atoms with Crippen molar-refractivity contribution < 1.29 is 10.0 Å². The molecule has 2 heteroatoms. The van der Waals surface area contributed by atoms with Crippen LogP contribution in [-0.4, -0.2) is 24.7 Å². The third-order valence-electron chi connectivity index (χ3n) is 4.81. The Morgan fingerprint density at radius 2 is 1.71 bits per heavy atom. The Kier molecular flexibility index (Phi) is 4.63. The van der Waals surface area contributed by atoms with Crippen LogP contribution < -0.4 is 4.90 Å². The summed E-state index contributed by atoms with van der Waals surface area (Å²) in [7, 11) is 0. The van der Waals surface area contributed by atoms with Crippen LogP contribution in [0.25, 0.3) is 0 Å². The molecule has 1 saturated heterocycles. The Morgan fingerprint density at radius 3 is 2.33 bits per heavy atom. The van der Waals surface area contributed by atoms with Gasteiger partial charge in [-0.05, 0) is 50.0 Å². The van der Waals surface area contributed by atoms with Gasteiger partial charge in [0.1, 0.15) is 6.54 Å². The molecular formula is C19H26NO+. The van der Waals surface area contributed by atoms with Gasteiger partial charge in [-0.15, -0.1) is 0 Å². The van der Waals surface area contributed by atoms with Crippen LogP contribution in [0.5, 0.6) is 0 Å². The highest BCUT2D eigenvalue weighted by molar-refractivity contribution is 5.34. The maximum absolute atomic E-state index is 11.0. The van der Waals surface area contributed by atoms with E-state index in [0.717, 1.165) is 24.9 Å². The molecule has 21 heavy (non-hydrogen) atoms. The lowest BCUT2D eigenvalue weighted by Crippen LogP contribution is -3.11. The average Bonchev–Trinajstić information content (AvgIpc) is 3.36. The first-order valence-electron chi connectivity index (χ1n) is 8.40. The van der Waals surface area contributed by atoms with E-state index in [0.29, 0.717) is 5.92 Å². The molecular weight excluding hydrogens is 258 g/mol. The van der Waals surface area contributed by atoms with Gasteiger partial charge in [0.05, 0.1) is 13.1 Å². The van der Waals surface area contributed by atoms with Gasteiger partial charge < -0.3 is 10.0 Å². The molecule has 0 bridgehead atoms. The Bertz CT molecular complexity index is 503. The third kappa shape index (κ3) is 3.67. The van der Waals surface area contributed by atoms with E-state index in [2.05, 4.69) is 11.8 Å². The first-order chi connectivity index (χ1) is 10.3. The van der Waals surface area contributed by atoms with Crippen LogP contribution in [0.2, 0.25) is 0 Å². The van der Waals surface area contributed by atoms with Crippen LogP contribution in [0.3, 0.4) is 0 Å². The van der Waals surface area contributed by atoms with Crippen LogP contribution in [0.1, 0.15) is 44.1 Å². The van der Waals surface area contributed by atoms with E-state index in [1.165, 1.54) is 38.8 Å². The molecule has 0 amide bonds. The molecule has 1 saturated carbocycles. The van der Waals surface area contributed by atoms with Crippen molar-refractivity contribution in [3.05, 3.63) is 35.9 Å². The molecule has 0 unspecified atom stereocenters. The number of benzene rings is 1. The maximum Gasteiger partial charge on any atom is 0.153 e. The summed E-state index contributed by atoms with van der Waals surface area (Å²) in [5, 5.41) is 11.0. The van der Waals surface area contributed by atoms with Crippen molar-refractivity contribution in [2.24, 2.45) is 5.92 Å². The SMILES string of the molecule is O[C@@](C#CC[NH+]1CCCCCC1)(c1ccccc1)C1CC1. The van der Waals surface area contributed by atoms with E-state index in [-0.39, 0.29) is 0 Å². The normalized spacial score (nSPS) is 22.7. The summed E-state index contributed by atoms with van der Waals surface area (Å²) in [4.78, 5) is 1.59. The van der Waals surface area contributed by atoms with Crippen LogP contribution >= 0.6 is 0 Å². The summed E-state index contributed by atoms with van der Waals surface area (Å²) >= 11 is 0. The fourth-order valence-electron chi connectivity index (χ4n) is 3.31. The molecule has 1 aromatic carbocycles. The fraction of sp³-hybridized carbons (Fsp3) is 0.579. The van der Waals surface area contributed by atoms with Crippen molar-refractivity contribution in [1.29, 1.82) is 0 Å². The van der Waals surface area contributed by atoms with Gasteiger partial charge in [0.25, 0.3) is 0 Å². The minimum Gasteiger partial charge on any atom is -0.373 e. The van der Waals surface area contributed by atoms with Crippen molar-refractivity contribution >= 4 is 0 Å². The van der Waals surface area contributed by atoms with Gasteiger partial charge in [-0.2, -0.15) is 0 Å². The van der Waals surface area contributed by atoms with Gasteiger partial charge in [-0.1, -0.05) is 36.3 Å². The van der Waals surface area contributed by atoms with Crippen molar-refractivity contribution in [2.45, 2.75) is 44.1 Å². The van der Waals surface area contributed by atoms with Crippen LogP contribution in [0.4, 0.5) is 0 Å². The Hall–Kier alpha value is -1.30. The van der Waals surface area contributed by atoms with E-state index in [1.807, 2.05) is 30.3 Å². The quantitative estimate of drug-likeness (QED) is 0.812. The lowest BCUT2D eigenvalue weighted by Gasteiger charge is -2.22. The zero-order chi connectivity index (χ0) is 14.5. The molecule has 1 aliphatic heterocycles. The molecule has 1 atom stereocenters. The molecule has 0 aromatic heterocycles. The smallest absolute Gasteiger partial charge is 0.153 e. The van der Waals surface area contributed by atoms with Crippen molar-refractivity contribution in [1.82, 2.24) is 0 Å². The number of hydrogen-bond acceptors (Lipinski definition) is 1. The third-order valence-corrected chi connectivity index (χ3v) is 4.81. The predicted octanol–water partition coefficient (Wildman–Crippen LogP) is 1.75. The van der Waals surface area contributed by atoms with Crippen molar-refractivity contribution in [3.8, 4) is 11.8 Å². The summed E-state index contributed by atoms with van der Waals surface area (Å²) in [6.07, 6.45) is 7.57. The topological polar surface area (TPSA) is 24.7 Å². The van der Waals surface area contributed by atoms with Crippen molar-refractivity contribution in [2.75, 3.05) is 19.6 Å². The van der Waals surface area contributed by atoms with Crippen molar-refractivity contribution in [3.63, 3.8) is 0 Å². The monoisotopic (exact) mass is 284 g/mol. The summed E-state index contributed by atoms with van der Waals surface area (Å²) in [6, 6.07) is 9.98. The summed E-state index contributed by atoms with van der Waals surface area (Å²) in [5.41, 5.74) is 0.0397. The predicted molar refractivity (Wildman–Crippen MR) is 84.9 cm³/mol. The second-order valence-electron chi connectivity index (χ2n) is 6.55. The first kappa shape index (κ1) is 14.6. The van der Waals surface area contributed by atoms with E-state index in [9.17, 15) is 5.11 Å². The zero-order valence-electron chi connectivity index (χ0n) is 12.8. The number of nitrogens with one attached hydrogen (secondary N) is 1. The number of rotatable bonds is 3. The van der Waals surface area contributed by atoms with Crippen LogP contribution in [-0.2, 0) is 5.60 Å². The zero-order valence-corrected chi connectivity index (χ0v) is 12.8. The largest absolute Gasteiger partial charge is 0.373 e. The van der Waals surface area contributed by atoms with Gasteiger partial charge in [-0.25, -0.2) is 0 Å². The Balaban J connectivity index is 1.70. The second kappa shape index (κ2) is 6.64. The van der Waals surface area contributed by atoms with Gasteiger partial charge in [0.15, 0.2) is 5.60 Å². The lowest BCUT2D eigenvalue weighted by molar-refractivity contribution is -0.891. The molecule has 3 rings (SSSR count). The Morgan fingerprint density at radius 1 is 1.05 bits per heavy atom. The summed E-state index contributed by atoms with van der Waals surface area (Å²) in [5.74, 6) is 6.86. The van der Waals surface area contributed by atoms with E-state index < -0.39 is 5.60 Å². The number of aliphatic hydroxyl groups is 1. The van der Waals surface area contributed by atoms with Gasteiger partial charge in [-0.3, -0.25) is 0 Å². The lowest BCUT2D eigenvalue weighted by atomic mass is 9.89. The molecule has 0 radical (unpaired) electrons. The second-order valence-corrected chi connectivity index (χ2v) is 6.55. The highest BCUT2D eigenvalue weighted by atomic mass is 16.3. The first-order valence-corrected chi connectivity index (χ1v) is 8.40. The van der Waals surface area contributed by atoms with Gasteiger partial charge in [0.2, 0.25) is 0 Å².